The zero-order valence-electron chi connectivity index (χ0n) is 20.1. The third kappa shape index (κ3) is 4.49. The first-order valence-electron chi connectivity index (χ1n) is 12.3. The number of anilines is 2. The van der Waals surface area contributed by atoms with E-state index in [1.165, 1.54) is 17.4 Å². The Morgan fingerprint density at radius 1 is 1.17 bits per heavy atom. The molecule has 3 aliphatic rings. The second-order valence-electron chi connectivity index (χ2n) is 9.73. The topological polar surface area (TPSA) is 95.6 Å². The van der Waals surface area contributed by atoms with Crippen molar-refractivity contribution in [2.24, 2.45) is 5.92 Å². The molecule has 0 saturated carbocycles. The highest BCUT2D eigenvalue weighted by Gasteiger charge is 2.34. The van der Waals surface area contributed by atoms with E-state index in [1.807, 2.05) is 24.3 Å². The van der Waals surface area contributed by atoms with Gasteiger partial charge in [0.25, 0.3) is 0 Å². The van der Waals surface area contributed by atoms with Crippen LogP contribution in [-0.2, 0) is 9.59 Å². The van der Waals surface area contributed by atoms with E-state index in [0.29, 0.717) is 11.7 Å². The fourth-order valence-electron chi connectivity index (χ4n) is 5.35. The summed E-state index contributed by atoms with van der Waals surface area (Å²) in [5, 5.41) is 10.8. The third-order valence-electron chi connectivity index (χ3n) is 7.26. The van der Waals surface area contributed by atoms with Crippen LogP contribution in [0.5, 0.6) is 5.75 Å². The number of carbonyl (C=O) groups is 2. The number of pyridine rings is 1. The molecule has 186 valence electrons. The normalized spacial score (nSPS) is 21.6. The summed E-state index contributed by atoms with van der Waals surface area (Å²) in [6, 6.07) is 14.4. The minimum atomic E-state index is -0.179. The minimum absolute atomic E-state index is 0.00834. The lowest BCUT2D eigenvalue weighted by Crippen LogP contribution is -2.52. The van der Waals surface area contributed by atoms with Crippen LogP contribution >= 0.6 is 11.8 Å². The van der Waals surface area contributed by atoms with Gasteiger partial charge in [0.05, 0.1) is 36.2 Å². The average molecular weight is 504 g/mol. The van der Waals surface area contributed by atoms with Crippen LogP contribution in [0.1, 0.15) is 17.9 Å². The molecule has 36 heavy (non-hydrogen) atoms. The van der Waals surface area contributed by atoms with Gasteiger partial charge in [0.1, 0.15) is 5.75 Å². The van der Waals surface area contributed by atoms with Gasteiger partial charge >= 0.3 is 0 Å². The number of nitrogens with one attached hydrogen (secondary N) is 3. The number of amides is 2. The summed E-state index contributed by atoms with van der Waals surface area (Å²) in [5.41, 5.74) is 3.95. The van der Waals surface area contributed by atoms with Gasteiger partial charge in [-0.15, -0.1) is 11.8 Å². The maximum Gasteiger partial charge on any atom is 0.234 e. The van der Waals surface area contributed by atoms with E-state index >= 15 is 0 Å². The van der Waals surface area contributed by atoms with Gasteiger partial charge in [0.15, 0.2) is 0 Å². The minimum Gasteiger partial charge on any atom is -0.495 e. The van der Waals surface area contributed by atoms with E-state index in [1.54, 1.807) is 13.3 Å². The fraction of sp³-hybridized carbons (Fsp3) is 0.370. The highest BCUT2D eigenvalue weighted by molar-refractivity contribution is 8.00. The highest BCUT2D eigenvalue weighted by Crippen LogP contribution is 2.36. The molecule has 2 atom stereocenters. The Bertz CT molecular complexity index is 1330. The molecular weight excluding hydrogens is 474 g/mol. The summed E-state index contributed by atoms with van der Waals surface area (Å²) >= 11 is 1.54. The van der Waals surface area contributed by atoms with E-state index in [4.69, 9.17) is 4.74 Å². The number of carbonyl (C=O) groups excluding carboxylic acids is 2. The smallest absolute Gasteiger partial charge is 0.234 e. The summed E-state index contributed by atoms with van der Waals surface area (Å²) in [6.07, 6.45) is 2.51. The Balaban J connectivity index is 1.00. The van der Waals surface area contributed by atoms with Crippen LogP contribution in [0.2, 0.25) is 0 Å². The first kappa shape index (κ1) is 23.1. The molecule has 3 aliphatic heterocycles. The van der Waals surface area contributed by atoms with Crippen molar-refractivity contribution in [3.8, 4) is 5.75 Å². The number of methoxy groups -OCH3 is 1. The molecule has 9 heteroatoms. The summed E-state index contributed by atoms with van der Waals surface area (Å²) in [6.45, 7) is 3.65. The summed E-state index contributed by atoms with van der Waals surface area (Å²) in [7, 11) is 1.66. The Morgan fingerprint density at radius 3 is 2.92 bits per heavy atom. The van der Waals surface area contributed by atoms with Crippen molar-refractivity contribution < 1.29 is 14.3 Å². The van der Waals surface area contributed by atoms with E-state index < -0.39 is 0 Å². The van der Waals surface area contributed by atoms with Gasteiger partial charge in [-0.1, -0.05) is 12.1 Å². The number of thioether (sulfide) groups is 1. The van der Waals surface area contributed by atoms with Gasteiger partial charge in [-0.2, -0.15) is 0 Å². The maximum absolute atomic E-state index is 12.7. The van der Waals surface area contributed by atoms with Gasteiger partial charge in [-0.3, -0.25) is 14.6 Å². The second-order valence-corrected chi connectivity index (χ2v) is 10.8. The molecule has 3 aromatic rings. The molecule has 1 unspecified atom stereocenters. The Hall–Kier alpha value is -3.30. The molecule has 0 spiro atoms. The van der Waals surface area contributed by atoms with Crippen LogP contribution in [0, 0.1) is 5.92 Å². The predicted molar refractivity (Wildman–Crippen MR) is 142 cm³/mol. The van der Waals surface area contributed by atoms with Crippen LogP contribution < -0.4 is 25.6 Å². The van der Waals surface area contributed by atoms with Gasteiger partial charge in [-0.05, 0) is 42.3 Å². The molecule has 0 radical (unpaired) electrons. The van der Waals surface area contributed by atoms with Crippen LogP contribution in [-0.4, -0.2) is 61.9 Å². The molecule has 1 aromatic heterocycles. The van der Waals surface area contributed by atoms with Crippen molar-refractivity contribution in [2.75, 3.05) is 49.3 Å². The highest BCUT2D eigenvalue weighted by atomic mass is 32.2. The molecule has 0 aliphatic carbocycles. The van der Waals surface area contributed by atoms with Gasteiger partial charge in [-0.25, -0.2) is 0 Å². The molecule has 2 fully saturated rings. The van der Waals surface area contributed by atoms with Gasteiger partial charge in [0.2, 0.25) is 11.8 Å². The van der Waals surface area contributed by atoms with Gasteiger partial charge < -0.3 is 25.6 Å². The summed E-state index contributed by atoms with van der Waals surface area (Å²) < 4.78 is 5.37. The molecule has 2 amide bonds. The number of hydrogen-bond donors (Lipinski definition) is 3. The maximum atomic E-state index is 12.7. The van der Waals surface area contributed by atoms with Crippen LogP contribution in [0.4, 0.5) is 11.4 Å². The molecule has 8 nitrogen and oxygen atoms in total. The van der Waals surface area contributed by atoms with Crippen molar-refractivity contribution in [1.29, 1.82) is 0 Å². The Morgan fingerprint density at radius 2 is 2.06 bits per heavy atom. The number of hydrogen-bond acceptors (Lipinski definition) is 7. The van der Waals surface area contributed by atoms with E-state index in [0.717, 1.165) is 65.4 Å². The third-order valence-corrected chi connectivity index (χ3v) is 8.33. The van der Waals surface area contributed by atoms with Crippen molar-refractivity contribution >= 4 is 45.9 Å². The van der Waals surface area contributed by atoms with Crippen LogP contribution in [0.15, 0.2) is 53.6 Å². The number of fused-ring (bicyclic) bond motifs is 2. The molecule has 2 saturated heterocycles. The number of nitrogens with zero attached hydrogens (tertiary/aromatic N) is 2. The lowest BCUT2D eigenvalue weighted by molar-refractivity contribution is -0.120. The lowest BCUT2D eigenvalue weighted by Gasteiger charge is -2.42. The zero-order chi connectivity index (χ0) is 24.6. The van der Waals surface area contributed by atoms with Crippen molar-refractivity contribution in [1.82, 2.24) is 15.6 Å². The first-order valence-corrected chi connectivity index (χ1v) is 13.3. The van der Waals surface area contributed by atoms with E-state index in [-0.39, 0.29) is 23.8 Å². The first-order chi connectivity index (χ1) is 17.6. The number of ether oxygens (including phenoxy) is 1. The monoisotopic (exact) mass is 503 g/mol. The predicted octanol–water partition coefficient (Wildman–Crippen LogP) is 2.99. The number of rotatable bonds is 7. The quantitative estimate of drug-likeness (QED) is 0.456. The van der Waals surface area contributed by atoms with Crippen molar-refractivity contribution in [3.05, 3.63) is 54.2 Å². The zero-order valence-corrected chi connectivity index (χ0v) is 20.9. The van der Waals surface area contributed by atoms with E-state index in [2.05, 4.69) is 44.0 Å². The Labute approximate surface area is 214 Å². The molecule has 0 bridgehead atoms. The molecule has 2 aromatic carbocycles. The lowest BCUT2D eigenvalue weighted by atomic mass is 9.95. The summed E-state index contributed by atoms with van der Waals surface area (Å²) in [5.74, 6) is 1.66. The molecular formula is C27H29N5O3S. The van der Waals surface area contributed by atoms with Crippen LogP contribution in [0.25, 0.3) is 10.9 Å². The summed E-state index contributed by atoms with van der Waals surface area (Å²) in [4.78, 5) is 32.4. The average Bonchev–Trinajstić information content (AvgIpc) is 3.24. The molecule has 3 N–H and O–H groups in total. The van der Waals surface area contributed by atoms with Crippen molar-refractivity contribution in [3.63, 3.8) is 0 Å². The standard InChI is InChI=1S/C27H29N5O3S/c1-35-19-9-21-22(29-12-19)3-2-4-24(21)32-13-16(14-32)10-28-11-18-8-20(27(34)30-18)17-5-6-25-23(7-17)31-26(33)15-36-25/h2-7,9,12,16,18,20,28H,8,10-11,13-15H2,1H3,(H,30,34)(H,31,33)/t18?,20-/m1/s1. The second kappa shape index (κ2) is 9.63. The van der Waals surface area contributed by atoms with Gasteiger partial charge in [0, 0.05) is 54.1 Å². The Kier molecular flexibility index (Phi) is 6.18. The van der Waals surface area contributed by atoms with Crippen LogP contribution in [0.3, 0.4) is 0 Å². The largest absolute Gasteiger partial charge is 0.495 e. The SMILES string of the molecule is COc1cnc2cccc(N3CC(CNCC4C[C@H](c5ccc6c(c5)NC(=O)CS6)C(=O)N4)C3)c2c1. The van der Waals surface area contributed by atoms with E-state index in [9.17, 15) is 9.59 Å². The van der Waals surface area contributed by atoms with Crippen molar-refractivity contribution in [2.45, 2.75) is 23.3 Å². The number of aromatic nitrogens is 1. The molecule has 6 rings (SSSR count). The fourth-order valence-corrected chi connectivity index (χ4v) is 6.14. The molecule has 4 heterocycles. The number of benzene rings is 2.